The van der Waals surface area contributed by atoms with Gasteiger partial charge in [-0.1, -0.05) is 48.0 Å². The van der Waals surface area contributed by atoms with E-state index in [-0.39, 0.29) is 0 Å². The van der Waals surface area contributed by atoms with Gasteiger partial charge in [-0.05, 0) is 61.0 Å². The summed E-state index contributed by atoms with van der Waals surface area (Å²) in [5.74, 6) is 0. The van der Waals surface area contributed by atoms with Gasteiger partial charge < -0.3 is 9.88 Å². The fourth-order valence-electron chi connectivity index (χ4n) is 2.81. The molecule has 0 fully saturated rings. The Balaban J connectivity index is 1.63. The number of halogens is 1. The van der Waals surface area contributed by atoms with Crippen LogP contribution < -0.4 is 10.7 Å². The lowest BCUT2D eigenvalue weighted by Gasteiger charge is -2.12. The third-order valence-electron chi connectivity index (χ3n) is 4.25. The smallest absolute Gasteiger partial charge is 0.191 e. The molecule has 0 radical (unpaired) electrons. The van der Waals surface area contributed by atoms with E-state index in [2.05, 4.69) is 20.4 Å². The quantitative estimate of drug-likeness (QED) is 0.357. The van der Waals surface area contributed by atoms with E-state index in [9.17, 15) is 0 Å². The number of nitrogens with one attached hydrogen (secondary N) is 2. The predicted octanol–water partition coefficient (Wildman–Crippen LogP) is 5.13. The predicted molar refractivity (Wildman–Crippen MR) is 118 cm³/mol. The molecule has 0 aliphatic carbocycles. The van der Waals surface area contributed by atoms with Gasteiger partial charge in [0.15, 0.2) is 5.11 Å². The lowest BCUT2D eigenvalue weighted by molar-refractivity contribution is 0.799. The van der Waals surface area contributed by atoms with Crippen LogP contribution in [0.25, 0.3) is 0 Å². The van der Waals surface area contributed by atoms with Gasteiger partial charge in [-0.2, -0.15) is 5.10 Å². The van der Waals surface area contributed by atoms with Crippen LogP contribution in [0.4, 0.5) is 5.69 Å². The number of aromatic nitrogens is 1. The van der Waals surface area contributed by atoms with Gasteiger partial charge >= 0.3 is 0 Å². The molecule has 0 aliphatic rings. The average molecular weight is 397 g/mol. The molecule has 3 rings (SSSR count). The molecule has 0 saturated heterocycles. The van der Waals surface area contributed by atoms with Crippen molar-refractivity contribution in [2.45, 2.75) is 20.4 Å². The highest BCUT2D eigenvalue weighted by Gasteiger charge is 2.05. The summed E-state index contributed by atoms with van der Waals surface area (Å²) in [5.41, 5.74) is 8.17. The van der Waals surface area contributed by atoms with Crippen LogP contribution in [0.5, 0.6) is 0 Å². The van der Waals surface area contributed by atoms with Crippen molar-refractivity contribution in [1.82, 2.24) is 9.99 Å². The highest BCUT2D eigenvalue weighted by Crippen LogP contribution is 2.19. The average Bonchev–Trinajstić information content (AvgIpc) is 3.07. The van der Waals surface area contributed by atoms with Crippen LogP contribution in [0.3, 0.4) is 0 Å². The standard InChI is InChI=1S/C21H21ClN4S/c1-15-7-5-8-16(2)20(15)24-21(27)25-23-13-18-10-6-12-26(18)14-17-9-3-4-11-19(17)22/h3-13H,14H2,1-2H3,(H2,24,25,27)/b23-13+. The van der Waals surface area contributed by atoms with Crippen LogP contribution >= 0.6 is 23.8 Å². The highest BCUT2D eigenvalue weighted by molar-refractivity contribution is 7.80. The molecule has 27 heavy (non-hydrogen) atoms. The van der Waals surface area contributed by atoms with Gasteiger partial charge in [0.25, 0.3) is 0 Å². The van der Waals surface area contributed by atoms with Gasteiger partial charge in [-0.3, -0.25) is 5.43 Å². The number of rotatable bonds is 5. The fraction of sp³-hybridized carbons (Fsp3) is 0.143. The van der Waals surface area contributed by atoms with Crippen LogP contribution in [0.1, 0.15) is 22.4 Å². The SMILES string of the molecule is Cc1cccc(C)c1NC(=S)N/N=C/c1cccn1Cc1ccccc1Cl. The van der Waals surface area contributed by atoms with E-state index in [1.807, 2.05) is 74.6 Å². The summed E-state index contributed by atoms with van der Waals surface area (Å²) in [5, 5.41) is 8.67. The number of hydrogen-bond donors (Lipinski definition) is 2. The van der Waals surface area contributed by atoms with Gasteiger partial charge in [0.2, 0.25) is 0 Å². The Kier molecular flexibility index (Phi) is 6.27. The number of aryl methyl sites for hydroxylation is 2. The number of hydrazone groups is 1. The van der Waals surface area contributed by atoms with Crippen molar-refractivity contribution in [2.24, 2.45) is 5.10 Å². The van der Waals surface area contributed by atoms with Crippen molar-refractivity contribution in [2.75, 3.05) is 5.32 Å². The number of anilines is 1. The highest BCUT2D eigenvalue weighted by atomic mass is 35.5. The third kappa shape index (κ3) is 4.96. The molecule has 0 bridgehead atoms. The first kappa shape index (κ1) is 19.1. The summed E-state index contributed by atoms with van der Waals surface area (Å²) in [6.45, 7) is 4.77. The summed E-state index contributed by atoms with van der Waals surface area (Å²) >= 11 is 11.6. The van der Waals surface area contributed by atoms with Gasteiger partial charge in [0, 0.05) is 23.5 Å². The molecule has 6 heteroatoms. The lowest BCUT2D eigenvalue weighted by Crippen LogP contribution is -2.24. The Morgan fingerprint density at radius 3 is 2.56 bits per heavy atom. The van der Waals surface area contributed by atoms with E-state index in [1.165, 1.54) is 0 Å². The fourth-order valence-corrected chi connectivity index (χ4v) is 3.16. The van der Waals surface area contributed by atoms with Crippen LogP contribution in [-0.4, -0.2) is 15.9 Å². The Morgan fingerprint density at radius 2 is 1.81 bits per heavy atom. The first-order valence-corrected chi connectivity index (χ1v) is 9.38. The summed E-state index contributed by atoms with van der Waals surface area (Å²) in [7, 11) is 0. The van der Waals surface area contributed by atoms with Crippen LogP contribution in [-0.2, 0) is 6.54 Å². The summed E-state index contributed by atoms with van der Waals surface area (Å²) in [6, 6.07) is 17.9. The minimum Gasteiger partial charge on any atom is -0.342 e. The summed E-state index contributed by atoms with van der Waals surface area (Å²) < 4.78 is 2.08. The van der Waals surface area contributed by atoms with Gasteiger partial charge in [-0.25, -0.2) is 0 Å². The maximum atomic E-state index is 6.26. The Hall–Kier alpha value is -2.63. The minimum absolute atomic E-state index is 0.452. The number of benzene rings is 2. The van der Waals surface area contributed by atoms with Crippen LogP contribution in [0.15, 0.2) is 65.9 Å². The van der Waals surface area contributed by atoms with E-state index >= 15 is 0 Å². The molecule has 0 saturated carbocycles. The van der Waals surface area contributed by atoms with Gasteiger partial charge in [0.1, 0.15) is 0 Å². The number of para-hydroxylation sites is 1. The van der Waals surface area contributed by atoms with Crippen LogP contribution in [0.2, 0.25) is 5.02 Å². The van der Waals surface area contributed by atoms with Crippen molar-refractivity contribution in [1.29, 1.82) is 0 Å². The monoisotopic (exact) mass is 396 g/mol. The van der Waals surface area contributed by atoms with Crippen molar-refractivity contribution in [3.8, 4) is 0 Å². The summed E-state index contributed by atoms with van der Waals surface area (Å²) in [6.07, 6.45) is 3.74. The molecule has 1 heterocycles. The zero-order chi connectivity index (χ0) is 19.2. The second-order valence-corrected chi connectivity index (χ2v) is 7.06. The number of thiocarbonyl (C=S) groups is 1. The van der Waals surface area contributed by atoms with Crippen molar-refractivity contribution >= 4 is 40.8 Å². The molecular weight excluding hydrogens is 376 g/mol. The Morgan fingerprint density at radius 1 is 1.07 bits per heavy atom. The first-order chi connectivity index (χ1) is 13.0. The molecule has 0 atom stereocenters. The minimum atomic E-state index is 0.452. The van der Waals surface area contributed by atoms with Crippen molar-refractivity contribution in [3.63, 3.8) is 0 Å². The van der Waals surface area contributed by atoms with E-state index in [4.69, 9.17) is 23.8 Å². The normalized spacial score (nSPS) is 10.9. The van der Waals surface area contributed by atoms with Crippen molar-refractivity contribution < 1.29 is 0 Å². The molecule has 0 spiro atoms. The lowest BCUT2D eigenvalue weighted by atomic mass is 10.1. The summed E-state index contributed by atoms with van der Waals surface area (Å²) in [4.78, 5) is 0. The van der Waals surface area contributed by atoms with E-state index in [0.29, 0.717) is 11.7 Å². The molecular formula is C21H21ClN4S. The Labute approximate surface area is 169 Å². The zero-order valence-electron chi connectivity index (χ0n) is 15.2. The molecule has 0 unspecified atom stereocenters. The second kappa shape index (κ2) is 8.84. The van der Waals surface area contributed by atoms with Gasteiger partial charge in [-0.15, -0.1) is 0 Å². The van der Waals surface area contributed by atoms with E-state index in [1.54, 1.807) is 6.21 Å². The number of hydrogen-bond acceptors (Lipinski definition) is 2. The van der Waals surface area contributed by atoms with E-state index in [0.717, 1.165) is 33.1 Å². The zero-order valence-corrected chi connectivity index (χ0v) is 16.8. The van der Waals surface area contributed by atoms with Crippen molar-refractivity contribution in [3.05, 3.63) is 88.2 Å². The molecule has 0 amide bonds. The van der Waals surface area contributed by atoms with Gasteiger partial charge in [0.05, 0.1) is 11.9 Å². The molecule has 0 aliphatic heterocycles. The third-order valence-corrected chi connectivity index (χ3v) is 4.81. The number of nitrogens with zero attached hydrogens (tertiary/aromatic N) is 2. The van der Waals surface area contributed by atoms with E-state index < -0.39 is 0 Å². The molecule has 4 nitrogen and oxygen atoms in total. The molecule has 3 aromatic rings. The topological polar surface area (TPSA) is 41.4 Å². The molecule has 2 N–H and O–H groups in total. The second-order valence-electron chi connectivity index (χ2n) is 6.24. The van der Waals surface area contributed by atoms with Crippen LogP contribution in [0, 0.1) is 13.8 Å². The molecule has 1 aromatic heterocycles. The largest absolute Gasteiger partial charge is 0.342 e. The molecule has 138 valence electrons. The molecule has 2 aromatic carbocycles. The Bertz CT molecular complexity index is 958. The maximum absolute atomic E-state index is 6.26. The first-order valence-electron chi connectivity index (χ1n) is 8.59. The maximum Gasteiger partial charge on any atom is 0.191 e.